The van der Waals surface area contributed by atoms with E-state index in [1.165, 1.54) is 0 Å². The maximum atomic E-state index is 12.9. The van der Waals surface area contributed by atoms with E-state index in [0.29, 0.717) is 5.56 Å². The zero-order valence-electron chi connectivity index (χ0n) is 9.77. The second-order valence-electron chi connectivity index (χ2n) is 4.91. The molecule has 17 heavy (non-hydrogen) atoms. The average Bonchev–Trinajstić information content (AvgIpc) is 2.97. The van der Waals surface area contributed by atoms with E-state index in [1.54, 1.807) is 24.3 Å². The minimum absolute atomic E-state index is 0.219. The van der Waals surface area contributed by atoms with E-state index in [2.05, 4.69) is 6.58 Å². The zero-order valence-corrected chi connectivity index (χ0v) is 9.77. The topological polar surface area (TPSA) is 0 Å². The van der Waals surface area contributed by atoms with Gasteiger partial charge >= 0.3 is 6.18 Å². The first-order chi connectivity index (χ1) is 7.85. The van der Waals surface area contributed by atoms with Gasteiger partial charge in [-0.3, -0.25) is 0 Å². The van der Waals surface area contributed by atoms with Crippen LogP contribution in [0, 0.1) is 0 Å². The fraction of sp³-hybridized carbons (Fsp3) is 0.429. The second-order valence-corrected chi connectivity index (χ2v) is 4.91. The fourth-order valence-corrected chi connectivity index (χ4v) is 2.15. The zero-order chi connectivity index (χ0) is 12.7. The summed E-state index contributed by atoms with van der Waals surface area (Å²) >= 11 is 0. The Labute approximate surface area is 99.2 Å². The molecule has 1 aliphatic carbocycles. The monoisotopic (exact) mass is 240 g/mol. The highest BCUT2D eigenvalue weighted by Gasteiger charge is 2.64. The lowest BCUT2D eigenvalue weighted by molar-refractivity contribution is -0.160. The smallest absolute Gasteiger partial charge is 0.170 e. The van der Waals surface area contributed by atoms with Crippen LogP contribution in [-0.2, 0) is 11.8 Å². The fourth-order valence-electron chi connectivity index (χ4n) is 2.15. The summed E-state index contributed by atoms with van der Waals surface area (Å²) in [5.74, 6) is 0. The molecule has 0 nitrogen and oxygen atoms in total. The van der Waals surface area contributed by atoms with E-state index in [9.17, 15) is 13.2 Å². The van der Waals surface area contributed by atoms with E-state index < -0.39 is 11.6 Å². The minimum atomic E-state index is -4.12. The molecule has 0 spiro atoms. The highest BCUT2D eigenvalue weighted by atomic mass is 19.4. The minimum Gasteiger partial charge on any atom is -0.170 e. The predicted molar refractivity (Wildman–Crippen MR) is 61.9 cm³/mol. The van der Waals surface area contributed by atoms with Crippen molar-refractivity contribution >= 4 is 0 Å². The molecule has 0 bridgehead atoms. The van der Waals surface area contributed by atoms with Gasteiger partial charge in [-0.1, -0.05) is 36.4 Å². The molecule has 0 aromatic heterocycles. The van der Waals surface area contributed by atoms with Gasteiger partial charge in [0.25, 0.3) is 0 Å². The van der Waals surface area contributed by atoms with Gasteiger partial charge < -0.3 is 0 Å². The van der Waals surface area contributed by atoms with Crippen molar-refractivity contribution in [3.63, 3.8) is 0 Å². The Morgan fingerprint density at radius 3 is 2.12 bits per heavy atom. The van der Waals surface area contributed by atoms with Gasteiger partial charge in [0.15, 0.2) is 0 Å². The number of allylic oxidation sites excluding steroid dienone is 1. The highest BCUT2D eigenvalue weighted by Crippen LogP contribution is 2.58. The quantitative estimate of drug-likeness (QED) is 0.687. The third-order valence-electron chi connectivity index (χ3n) is 3.31. The van der Waals surface area contributed by atoms with E-state index in [1.807, 2.05) is 6.92 Å². The molecule has 1 aliphatic rings. The van der Waals surface area contributed by atoms with Crippen LogP contribution in [0.4, 0.5) is 13.2 Å². The molecule has 0 unspecified atom stereocenters. The molecule has 0 aliphatic heterocycles. The summed E-state index contributed by atoms with van der Waals surface area (Å²) in [5, 5.41) is 0. The largest absolute Gasteiger partial charge is 0.398 e. The SMILES string of the molecule is C=C(C)Cc1ccc(C2(C(F)(F)F)CC2)cc1. The van der Waals surface area contributed by atoms with Crippen molar-refractivity contribution in [2.45, 2.75) is 37.8 Å². The molecule has 1 aromatic carbocycles. The van der Waals surface area contributed by atoms with Gasteiger partial charge in [-0.15, -0.1) is 0 Å². The maximum Gasteiger partial charge on any atom is 0.398 e. The van der Waals surface area contributed by atoms with Crippen molar-refractivity contribution in [2.24, 2.45) is 0 Å². The van der Waals surface area contributed by atoms with Crippen molar-refractivity contribution in [3.05, 3.63) is 47.5 Å². The predicted octanol–water partition coefficient (Wildman–Crippen LogP) is 4.40. The molecule has 0 saturated heterocycles. The Bertz CT molecular complexity index is 422. The lowest BCUT2D eigenvalue weighted by Crippen LogP contribution is -2.28. The van der Waals surface area contributed by atoms with Crippen LogP contribution >= 0.6 is 0 Å². The van der Waals surface area contributed by atoms with Crippen LogP contribution in [0.1, 0.15) is 30.9 Å². The van der Waals surface area contributed by atoms with E-state index in [4.69, 9.17) is 0 Å². The van der Waals surface area contributed by atoms with Gasteiger partial charge in [0.2, 0.25) is 0 Å². The van der Waals surface area contributed by atoms with Gasteiger partial charge in [0.05, 0.1) is 5.41 Å². The number of hydrogen-bond donors (Lipinski definition) is 0. The lowest BCUT2D eigenvalue weighted by atomic mass is 9.93. The third-order valence-corrected chi connectivity index (χ3v) is 3.31. The molecule has 2 rings (SSSR count). The summed E-state index contributed by atoms with van der Waals surface area (Å²) < 4.78 is 38.6. The maximum absolute atomic E-state index is 12.9. The molecule has 0 radical (unpaired) electrons. The standard InChI is InChI=1S/C14H15F3/c1-10(2)9-11-3-5-12(6-4-11)13(7-8-13)14(15,16)17/h3-6H,1,7-9H2,2H3. The number of benzene rings is 1. The summed E-state index contributed by atoms with van der Waals surface area (Å²) in [5.41, 5.74) is 0.860. The van der Waals surface area contributed by atoms with Crippen molar-refractivity contribution < 1.29 is 13.2 Å². The molecule has 0 heterocycles. The van der Waals surface area contributed by atoms with Crippen LogP contribution < -0.4 is 0 Å². The van der Waals surface area contributed by atoms with Gasteiger partial charge in [-0.2, -0.15) is 13.2 Å². The first-order valence-electron chi connectivity index (χ1n) is 5.66. The summed E-state index contributed by atoms with van der Waals surface area (Å²) in [6.07, 6.45) is -2.96. The molecule has 0 N–H and O–H groups in total. The van der Waals surface area contributed by atoms with Gasteiger partial charge in [0, 0.05) is 0 Å². The number of alkyl halides is 3. The van der Waals surface area contributed by atoms with E-state index in [0.717, 1.165) is 17.6 Å². The van der Waals surface area contributed by atoms with Crippen molar-refractivity contribution in [1.82, 2.24) is 0 Å². The van der Waals surface area contributed by atoms with Crippen LogP contribution in [-0.4, -0.2) is 6.18 Å². The Hall–Kier alpha value is -1.25. The van der Waals surface area contributed by atoms with Crippen LogP contribution in [0.25, 0.3) is 0 Å². The van der Waals surface area contributed by atoms with E-state index in [-0.39, 0.29) is 12.8 Å². The third kappa shape index (κ3) is 2.24. The summed E-state index contributed by atoms with van der Waals surface area (Å²) in [6.45, 7) is 5.70. The Balaban J connectivity index is 2.22. The Morgan fingerprint density at radius 2 is 1.76 bits per heavy atom. The van der Waals surface area contributed by atoms with Crippen molar-refractivity contribution in [3.8, 4) is 0 Å². The van der Waals surface area contributed by atoms with Crippen LogP contribution in [0.3, 0.4) is 0 Å². The van der Waals surface area contributed by atoms with Crippen LogP contribution in [0.2, 0.25) is 0 Å². The number of rotatable bonds is 3. The molecular weight excluding hydrogens is 225 g/mol. The van der Waals surface area contributed by atoms with Crippen LogP contribution in [0.5, 0.6) is 0 Å². The Morgan fingerprint density at radius 1 is 1.24 bits per heavy atom. The van der Waals surface area contributed by atoms with Crippen molar-refractivity contribution in [1.29, 1.82) is 0 Å². The van der Waals surface area contributed by atoms with Crippen molar-refractivity contribution in [2.75, 3.05) is 0 Å². The Kier molecular flexibility index (Phi) is 2.80. The molecule has 1 saturated carbocycles. The molecule has 1 fully saturated rings. The van der Waals surface area contributed by atoms with Gasteiger partial charge in [-0.05, 0) is 37.3 Å². The van der Waals surface area contributed by atoms with Gasteiger partial charge in [-0.25, -0.2) is 0 Å². The molecule has 0 amide bonds. The van der Waals surface area contributed by atoms with Gasteiger partial charge in [0.1, 0.15) is 0 Å². The van der Waals surface area contributed by atoms with E-state index >= 15 is 0 Å². The summed E-state index contributed by atoms with van der Waals surface area (Å²) in [4.78, 5) is 0. The summed E-state index contributed by atoms with van der Waals surface area (Å²) in [7, 11) is 0. The number of halogens is 3. The molecule has 1 aromatic rings. The highest BCUT2D eigenvalue weighted by molar-refractivity contribution is 5.36. The normalized spacial score (nSPS) is 17.9. The first-order valence-corrected chi connectivity index (χ1v) is 5.66. The molecule has 3 heteroatoms. The van der Waals surface area contributed by atoms with Crippen LogP contribution in [0.15, 0.2) is 36.4 Å². The summed E-state index contributed by atoms with van der Waals surface area (Å²) in [6, 6.07) is 6.77. The molecule has 0 atom stereocenters. The first kappa shape index (κ1) is 12.2. The second kappa shape index (κ2) is 3.90. The lowest BCUT2D eigenvalue weighted by Gasteiger charge is -2.19. The molecular formula is C14H15F3. The number of hydrogen-bond acceptors (Lipinski definition) is 0. The average molecular weight is 240 g/mol. The molecule has 92 valence electrons.